The second kappa shape index (κ2) is 4.29. The van der Waals surface area contributed by atoms with Gasteiger partial charge >= 0.3 is 0 Å². The molecular formula is C12H13N3O2. The van der Waals surface area contributed by atoms with E-state index in [9.17, 15) is 9.90 Å². The van der Waals surface area contributed by atoms with Crippen molar-refractivity contribution >= 4 is 5.91 Å². The first kappa shape index (κ1) is 11.2. The molecule has 88 valence electrons. The molecule has 0 atom stereocenters. The van der Waals surface area contributed by atoms with Crippen LogP contribution in [0.2, 0.25) is 0 Å². The van der Waals surface area contributed by atoms with Crippen molar-refractivity contribution in [2.75, 3.05) is 0 Å². The van der Waals surface area contributed by atoms with E-state index in [1.54, 1.807) is 46.9 Å². The number of phenols is 1. The van der Waals surface area contributed by atoms with Crippen molar-refractivity contribution in [3.8, 4) is 5.75 Å². The van der Waals surface area contributed by atoms with Crippen LogP contribution in [0.3, 0.4) is 0 Å². The molecule has 0 aliphatic rings. The standard InChI is InChI=1S/C12H13N3O2/c1-14-8-7-11(15(14)2)13-12(17)9-5-3-4-6-10(9)16/h3-8,16H,1-2H3. The van der Waals surface area contributed by atoms with E-state index in [-0.39, 0.29) is 11.3 Å². The summed E-state index contributed by atoms with van der Waals surface area (Å²) in [5.74, 6) is -0.510. The van der Waals surface area contributed by atoms with Crippen molar-refractivity contribution in [1.82, 2.24) is 9.36 Å². The van der Waals surface area contributed by atoms with E-state index >= 15 is 0 Å². The zero-order valence-electron chi connectivity index (χ0n) is 9.66. The Labute approximate surface area is 98.3 Å². The second-order valence-corrected chi connectivity index (χ2v) is 3.71. The zero-order valence-corrected chi connectivity index (χ0v) is 9.66. The van der Waals surface area contributed by atoms with Gasteiger partial charge < -0.3 is 5.11 Å². The predicted octanol–water partition coefficient (Wildman–Crippen LogP) is 0.810. The quantitative estimate of drug-likeness (QED) is 0.789. The van der Waals surface area contributed by atoms with Crippen molar-refractivity contribution in [3.63, 3.8) is 0 Å². The van der Waals surface area contributed by atoms with Crippen LogP contribution in [0.25, 0.3) is 0 Å². The molecule has 0 aliphatic heterocycles. The summed E-state index contributed by atoms with van der Waals surface area (Å²) in [5.41, 5.74) is 0.747. The van der Waals surface area contributed by atoms with Crippen molar-refractivity contribution in [2.45, 2.75) is 0 Å². The van der Waals surface area contributed by atoms with Crippen LogP contribution >= 0.6 is 0 Å². The third kappa shape index (κ3) is 2.13. The fourth-order valence-corrected chi connectivity index (χ4v) is 1.47. The molecule has 0 bridgehead atoms. The largest absolute Gasteiger partial charge is 0.507 e. The van der Waals surface area contributed by atoms with Crippen LogP contribution in [0.4, 0.5) is 0 Å². The van der Waals surface area contributed by atoms with Crippen molar-refractivity contribution in [3.05, 3.63) is 47.6 Å². The normalized spacial score (nSPS) is 11.8. The molecule has 2 aromatic rings. The van der Waals surface area contributed by atoms with E-state index in [4.69, 9.17) is 0 Å². The van der Waals surface area contributed by atoms with E-state index in [1.165, 1.54) is 6.07 Å². The number of para-hydroxylation sites is 1. The maximum atomic E-state index is 11.8. The van der Waals surface area contributed by atoms with Gasteiger partial charge in [-0.05, 0) is 12.1 Å². The number of hydrogen-bond donors (Lipinski definition) is 1. The molecule has 5 nitrogen and oxygen atoms in total. The number of aromatic hydroxyl groups is 1. The van der Waals surface area contributed by atoms with Gasteiger partial charge in [-0.1, -0.05) is 12.1 Å². The van der Waals surface area contributed by atoms with Crippen LogP contribution in [-0.4, -0.2) is 20.4 Å². The van der Waals surface area contributed by atoms with Crippen LogP contribution in [-0.2, 0) is 14.1 Å². The van der Waals surface area contributed by atoms with Crippen molar-refractivity contribution in [1.29, 1.82) is 0 Å². The molecule has 0 spiro atoms. The lowest BCUT2D eigenvalue weighted by Crippen LogP contribution is -2.20. The number of benzene rings is 1. The molecule has 1 heterocycles. The number of carbonyl (C=O) groups is 1. The average molecular weight is 231 g/mol. The summed E-state index contributed by atoms with van der Waals surface area (Å²) in [4.78, 5) is 15.8. The van der Waals surface area contributed by atoms with Crippen molar-refractivity contribution in [2.24, 2.45) is 19.1 Å². The predicted molar refractivity (Wildman–Crippen MR) is 62.4 cm³/mol. The van der Waals surface area contributed by atoms with Crippen LogP contribution in [0, 0.1) is 0 Å². The number of carbonyl (C=O) groups excluding carboxylic acids is 1. The van der Waals surface area contributed by atoms with E-state index in [1.807, 2.05) is 7.05 Å². The number of aryl methyl sites for hydroxylation is 1. The van der Waals surface area contributed by atoms with Crippen LogP contribution in [0.1, 0.15) is 10.4 Å². The van der Waals surface area contributed by atoms with E-state index in [0.29, 0.717) is 5.49 Å². The minimum atomic E-state index is -0.454. The lowest BCUT2D eigenvalue weighted by Gasteiger charge is -2.00. The first-order valence-electron chi connectivity index (χ1n) is 5.15. The molecule has 1 aromatic carbocycles. The van der Waals surface area contributed by atoms with Gasteiger partial charge in [0.25, 0.3) is 5.91 Å². The molecular weight excluding hydrogens is 218 g/mol. The van der Waals surface area contributed by atoms with Gasteiger partial charge in [0.2, 0.25) is 0 Å². The summed E-state index contributed by atoms with van der Waals surface area (Å²) in [6.45, 7) is 0. The Balaban J connectivity index is 2.44. The van der Waals surface area contributed by atoms with Gasteiger partial charge in [0.05, 0.1) is 5.56 Å². The number of hydrogen-bond acceptors (Lipinski definition) is 2. The lowest BCUT2D eigenvalue weighted by molar-refractivity contribution is 0.0994. The highest BCUT2D eigenvalue weighted by Crippen LogP contribution is 2.15. The Morgan fingerprint density at radius 1 is 1.24 bits per heavy atom. The highest BCUT2D eigenvalue weighted by atomic mass is 16.3. The molecule has 17 heavy (non-hydrogen) atoms. The summed E-state index contributed by atoms with van der Waals surface area (Å²) in [5, 5.41) is 9.54. The first-order valence-corrected chi connectivity index (χ1v) is 5.15. The average Bonchev–Trinajstić information content (AvgIpc) is 2.61. The fourth-order valence-electron chi connectivity index (χ4n) is 1.47. The number of rotatable bonds is 1. The van der Waals surface area contributed by atoms with Crippen LogP contribution < -0.4 is 5.49 Å². The van der Waals surface area contributed by atoms with Gasteiger partial charge in [-0.25, -0.2) is 0 Å². The maximum Gasteiger partial charge on any atom is 0.282 e. The topological polar surface area (TPSA) is 59.5 Å². The molecule has 2 rings (SSSR count). The first-order chi connectivity index (χ1) is 8.09. The zero-order chi connectivity index (χ0) is 12.4. The molecule has 1 amide bonds. The number of aromatic nitrogens is 2. The Hall–Kier alpha value is -2.30. The minimum absolute atomic E-state index is 0.0557. The van der Waals surface area contributed by atoms with Gasteiger partial charge in [-0.3, -0.25) is 14.2 Å². The van der Waals surface area contributed by atoms with E-state index in [0.717, 1.165) is 0 Å². The fraction of sp³-hybridized carbons (Fsp3) is 0.167. The smallest absolute Gasteiger partial charge is 0.282 e. The van der Waals surface area contributed by atoms with E-state index < -0.39 is 5.91 Å². The summed E-state index contributed by atoms with van der Waals surface area (Å²) < 4.78 is 3.54. The molecule has 0 aliphatic carbocycles. The summed E-state index contributed by atoms with van der Waals surface area (Å²) in [6, 6.07) is 8.10. The van der Waals surface area contributed by atoms with Gasteiger partial charge in [0.15, 0.2) is 5.49 Å². The number of amides is 1. The number of phenolic OH excluding ortho intramolecular Hbond substituents is 1. The highest BCUT2D eigenvalue weighted by Gasteiger charge is 2.08. The SMILES string of the molecule is Cn1ccc(=NC(=O)c2ccccc2O)n1C. The Kier molecular flexibility index (Phi) is 2.82. The lowest BCUT2D eigenvalue weighted by atomic mass is 10.2. The summed E-state index contributed by atoms with van der Waals surface area (Å²) in [6.07, 6.45) is 1.80. The molecule has 0 saturated heterocycles. The monoisotopic (exact) mass is 231 g/mol. The molecule has 1 N–H and O–H groups in total. The molecule has 5 heteroatoms. The maximum absolute atomic E-state index is 11.8. The third-order valence-electron chi connectivity index (χ3n) is 2.59. The van der Waals surface area contributed by atoms with E-state index in [2.05, 4.69) is 4.99 Å². The molecule has 0 saturated carbocycles. The van der Waals surface area contributed by atoms with Crippen LogP contribution in [0.15, 0.2) is 41.5 Å². The minimum Gasteiger partial charge on any atom is -0.507 e. The second-order valence-electron chi connectivity index (χ2n) is 3.71. The summed E-state index contributed by atoms with van der Waals surface area (Å²) in [7, 11) is 3.65. The Bertz CT molecular complexity index is 623. The summed E-state index contributed by atoms with van der Waals surface area (Å²) >= 11 is 0. The van der Waals surface area contributed by atoms with Crippen molar-refractivity contribution < 1.29 is 9.90 Å². The molecule has 0 unspecified atom stereocenters. The van der Waals surface area contributed by atoms with Crippen LogP contribution in [0.5, 0.6) is 5.75 Å². The Morgan fingerprint density at radius 3 is 2.53 bits per heavy atom. The highest BCUT2D eigenvalue weighted by molar-refractivity contribution is 5.97. The van der Waals surface area contributed by atoms with Gasteiger partial charge in [-0.2, -0.15) is 4.99 Å². The third-order valence-corrected chi connectivity index (χ3v) is 2.59. The molecule has 0 fully saturated rings. The van der Waals surface area contributed by atoms with Gasteiger partial charge in [-0.15, -0.1) is 0 Å². The Morgan fingerprint density at radius 2 is 1.94 bits per heavy atom. The molecule has 1 aromatic heterocycles. The van der Waals surface area contributed by atoms with Gasteiger partial charge in [0.1, 0.15) is 5.75 Å². The molecule has 0 radical (unpaired) electrons. The number of nitrogens with zero attached hydrogens (tertiary/aromatic N) is 3. The van der Waals surface area contributed by atoms with Gasteiger partial charge in [0, 0.05) is 26.4 Å².